The Morgan fingerprint density at radius 1 is 1.24 bits per heavy atom. The van der Waals surface area contributed by atoms with Crippen LogP contribution in [-0.2, 0) is 24.7 Å². The lowest BCUT2D eigenvalue weighted by Crippen LogP contribution is -2.48. The molecular formula is C9H17NO5S2. The fourth-order valence-electron chi connectivity index (χ4n) is 1.98. The molecule has 17 heavy (non-hydrogen) atoms. The summed E-state index contributed by atoms with van der Waals surface area (Å²) in [6.07, 6.45) is 2.79. The Hall–Kier alpha value is -0.470. The van der Waals surface area contributed by atoms with Crippen molar-refractivity contribution in [2.24, 2.45) is 0 Å². The molecule has 0 aromatic heterocycles. The summed E-state index contributed by atoms with van der Waals surface area (Å²) < 4.78 is 47.0. The second-order valence-electron chi connectivity index (χ2n) is 4.39. The number of sulfone groups is 1. The molecule has 0 aliphatic carbocycles. The number of piperidine rings is 1. The molecule has 1 heterocycles. The first-order valence-electron chi connectivity index (χ1n) is 5.31. The maximum absolute atomic E-state index is 11.9. The molecule has 6 nitrogen and oxygen atoms in total. The van der Waals surface area contributed by atoms with E-state index in [1.165, 1.54) is 6.92 Å². The second kappa shape index (κ2) is 5.03. The second-order valence-corrected chi connectivity index (χ2v) is 8.82. The molecule has 1 aliphatic rings. The van der Waals surface area contributed by atoms with Crippen LogP contribution in [0.15, 0.2) is 0 Å². The maximum Gasteiger partial charge on any atom is 0.229 e. The predicted molar refractivity (Wildman–Crippen MR) is 63.7 cm³/mol. The Labute approximate surface area is 102 Å². The van der Waals surface area contributed by atoms with Crippen molar-refractivity contribution in [3.63, 3.8) is 0 Å². The average Bonchev–Trinajstić information content (AvgIpc) is 2.14. The van der Waals surface area contributed by atoms with Gasteiger partial charge in [0.25, 0.3) is 0 Å². The van der Waals surface area contributed by atoms with E-state index in [9.17, 15) is 21.6 Å². The molecule has 0 aromatic carbocycles. The van der Waals surface area contributed by atoms with Crippen LogP contribution in [0.25, 0.3) is 0 Å². The van der Waals surface area contributed by atoms with Gasteiger partial charge >= 0.3 is 0 Å². The van der Waals surface area contributed by atoms with E-state index >= 15 is 0 Å². The van der Waals surface area contributed by atoms with Crippen molar-refractivity contribution >= 4 is 25.6 Å². The summed E-state index contributed by atoms with van der Waals surface area (Å²) in [6, 6.07) is -0.699. The van der Waals surface area contributed by atoms with Crippen LogP contribution in [0.1, 0.15) is 26.2 Å². The van der Waals surface area contributed by atoms with E-state index in [2.05, 4.69) is 0 Å². The van der Waals surface area contributed by atoms with Crippen molar-refractivity contribution in [3.8, 4) is 0 Å². The van der Waals surface area contributed by atoms with E-state index in [-0.39, 0.29) is 12.3 Å². The van der Waals surface area contributed by atoms with Crippen molar-refractivity contribution in [1.29, 1.82) is 0 Å². The normalized spacial score (nSPS) is 23.5. The number of nitrogens with zero attached hydrogens (tertiary/aromatic N) is 1. The topological polar surface area (TPSA) is 88.6 Å². The molecular weight excluding hydrogens is 266 g/mol. The van der Waals surface area contributed by atoms with Gasteiger partial charge in [-0.2, -0.15) is 4.31 Å². The van der Waals surface area contributed by atoms with Crippen molar-refractivity contribution in [3.05, 3.63) is 0 Å². The molecule has 100 valence electrons. The van der Waals surface area contributed by atoms with Crippen LogP contribution in [0.2, 0.25) is 0 Å². The van der Waals surface area contributed by atoms with E-state index in [4.69, 9.17) is 0 Å². The summed E-state index contributed by atoms with van der Waals surface area (Å²) in [6.45, 7) is 1.56. The summed E-state index contributed by atoms with van der Waals surface area (Å²) >= 11 is 0. The summed E-state index contributed by atoms with van der Waals surface area (Å²) in [7, 11) is -7.53. The van der Waals surface area contributed by atoms with Crippen LogP contribution in [0.4, 0.5) is 0 Å². The quantitative estimate of drug-likeness (QED) is 0.710. The Morgan fingerprint density at radius 2 is 1.82 bits per heavy atom. The van der Waals surface area contributed by atoms with Gasteiger partial charge in [-0.05, 0) is 19.8 Å². The van der Waals surface area contributed by atoms with E-state index in [0.717, 1.165) is 17.0 Å². The number of sulfonamides is 1. The van der Waals surface area contributed by atoms with Gasteiger partial charge in [-0.1, -0.05) is 6.42 Å². The third-order valence-electron chi connectivity index (χ3n) is 2.64. The van der Waals surface area contributed by atoms with Crippen LogP contribution in [0.5, 0.6) is 0 Å². The van der Waals surface area contributed by atoms with Crippen LogP contribution in [-0.4, -0.2) is 50.9 Å². The summed E-state index contributed by atoms with van der Waals surface area (Å²) in [5, 5.41) is -0.927. The first kappa shape index (κ1) is 14.6. The zero-order valence-corrected chi connectivity index (χ0v) is 11.6. The minimum absolute atomic E-state index is 0.224. The first-order valence-corrected chi connectivity index (χ1v) is 8.98. The molecule has 1 rings (SSSR count). The largest absolute Gasteiger partial charge is 0.298 e. The fourth-order valence-corrected chi connectivity index (χ4v) is 5.74. The van der Waals surface area contributed by atoms with Gasteiger partial charge in [0.05, 0.1) is 6.04 Å². The van der Waals surface area contributed by atoms with Gasteiger partial charge in [-0.3, -0.25) is 4.79 Å². The molecule has 0 saturated carbocycles. The molecule has 0 radical (unpaired) electrons. The Kier molecular flexibility index (Phi) is 4.32. The number of ketones is 1. The lowest BCUT2D eigenvalue weighted by molar-refractivity contribution is -0.121. The maximum atomic E-state index is 11.9. The van der Waals surface area contributed by atoms with Crippen LogP contribution >= 0.6 is 0 Å². The van der Waals surface area contributed by atoms with Gasteiger partial charge in [-0.25, -0.2) is 16.8 Å². The highest BCUT2D eigenvalue weighted by Gasteiger charge is 2.36. The molecule has 0 bridgehead atoms. The van der Waals surface area contributed by atoms with Crippen molar-refractivity contribution < 1.29 is 21.6 Å². The number of hydrogen-bond acceptors (Lipinski definition) is 5. The third-order valence-corrected chi connectivity index (χ3v) is 6.70. The Morgan fingerprint density at radius 3 is 2.29 bits per heavy atom. The molecule has 1 aliphatic heterocycles. The van der Waals surface area contributed by atoms with E-state index in [1.807, 2.05) is 0 Å². The van der Waals surface area contributed by atoms with Crippen LogP contribution in [0.3, 0.4) is 0 Å². The number of rotatable bonds is 4. The molecule has 0 spiro atoms. The molecule has 0 amide bonds. The molecule has 1 unspecified atom stereocenters. The Balaban J connectivity index is 2.99. The lowest BCUT2D eigenvalue weighted by atomic mass is 10.0. The van der Waals surface area contributed by atoms with Gasteiger partial charge in [0.15, 0.2) is 14.9 Å². The van der Waals surface area contributed by atoms with Gasteiger partial charge in [0.2, 0.25) is 10.0 Å². The molecule has 0 N–H and O–H groups in total. The number of Topliss-reactive ketones (excluding diaryl/α,β-unsaturated/α-hetero) is 1. The van der Waals surface area contributed by atoms with Gasteiger partial charge in [0, 0.05) is 12.8 Å². The van der Waals surface area contributed by atoms with Crippen LogP contribution in [0, 0.1) is 0 Å². The minimum atomic E-state index is -3.91. The summed E-state index contributed by atoms with van der Waals surface area (Å²) in [4.78, 5) is 11.4. The van der Waals surface area contributed by atoms with E-state index < -0.39 is 31.0 Å². The van der Waals surface area contributed by atoms with Gasteiger partial charge in [0.1, 0.15) is 5.78 Å². The number of carbonyl (C=O) groups is 1. The number of carbonyl (C=O) groups excluding carboxylic acids is 1. The van der Waals surface area contributed by atoms with Gasteiger partial charge < -0.3 is 0 Å². The minimum Gasteiger partial charge on any atom is -0.298 e. The van der Waals surface area contributed by atoms with Crippen molar-refractivity contribution in [2.75, 3.05) is 17.9 Å². The Bertz CT molecular complexity index is 493. The zero-order valence-electron chi connectivity index (χ0n) is 9.92. The SMILES string of the molecule is CC(=O)C1CCCCN1S(=O)(=O)CS(C)(=O)=O. The molecule has 1 fully saturated rings. The van der Waals surface area contributed by atoms with Crippen molar-refractivity contribution in [2.45, 2.75) is 32.2 Å². The molecule has 1 atom stereocenters. The first-order chi connectivity index (χ1) is 7.63. The highest BCUT2D eigenvalue weighted by molar-refractivity contribution is 8.06. The summed E-state index contributed by atoms with van der Waals surface area (Å²) in [5.41, 5.74) is 0. The lowest BCUT2D eigenvalue weighted by Gasteiger charge is -2.32. The summed E-state index contributed by atoms with van der Waals surface area (Å²) in [5.74, 6) is -0.234. The van der Waals surface area contributed by atoms with E-state index in [1.54, 1.807) is 0 Å². The molecule has 0 aromatic rings. The predicted octanol–water partition coefficient (Wildman–Crippen LogP) is -0.238. The zero-order chi connectivity index (χ0) is 13.3. The number of hydrogen-bond donors (Lipinski definition) is 0. The van der Waals surface area contributed by atoms with E-state index in [0.29, 0.717) is 12.8 Å². The van der Waals surface area contributed by atoms with Crippen molar-refractivity contribution in [1.82, 2.24) is 4.31 Å². The standard InChI is InChI=1S/C9H17NO5S2/c1-8(11)9-5-3-4-6-10(9)17(14,15)7-16(2,12)13/h9H,3-7H2,1-2H3. The molecule has 1 saturated heterocycles. The van der Waals surface area contributed by atoms with Gasteiger partial charge in [-0.15, -0.1) is 0 Å². The van der Waals surface area contributed by atoms with Crippen LogP contribution < -0.4 is 0 Å². The third kappa shape index (κ3) is 4.04. The fraction of sp³-hybridized carbons (Fsp3) is 0.889. The highest BCUT2D eigenvalue weighted by Crippen LogP contribution is 2.22. The molecule has 8 heteroatoms. The monoisotopic (exact) mass is 283 g/mol. The highest BCUT2D eigenvalue weighted by atomic mass is 32.3. The average molecular weight is 283 g/mol. The smallest absolute Gasteiger partial charge is 0.229 e.